The number of hydrogen-bond donors (Lipinski definition) is 1. The number of pyridine rings is 1. The number of aryl methyl sites for hydroxylation is 1. The van der Waals surface area contributed by atoms with E-state index in [1.54, 1.807) is 29.1 Å². The summed E-state index contributed by atoms with van der Waals surface area (Å²) in [5, 5.41) is 7.32. The van der Waals surface area contributed by atoms with Gasteiger partial charge in [-0.1, -0.05) is 12.1 Å². The van der Waals surface area contributed by atoms with Crippen LogP contribution in [0.4, 0.5) is 10.1 Å². The highest BCUT2D eigenvalue weighted by Crippen LogP contribution is 2.21. The third kappa shape index (κ3) is 3.32. The van der Waals surface area contributed by atoms with Crippen LogP contribution < -0.4 is 5.32 Å². The van der Waals surface area contributed by atoms with Crippen LogP contribution in [0, 0.1) is 19.7 Å². The number of carbonyl (C=O) groups is 1. The van der Waals surface area contributed by atoms with Crippen molar-refractivity contribution in [3.63, 3.8) is 0 Å². The molecule has 2 heterocycles. The largest absolute Gasteiger partial charge is 0.319 e. The van der Waals surface area contributed by atoms with Gasteiger partial charge in [-0.25, -0.2) is 4.39 Å². The normalized spacial score (nSPS) is 10.6. The lowest BCUT2D eigenvalue weighted by molar-refractivity contribution is 0.102. The number of anilines is 1. The Balaban J connectivity index is 1.83. The molecule has 0 spiro atoms. The van der Waals surface area contributed by atoms with Crippen LogP contribution in [0.25, 0.3) is 0 Å². The first-order chi connectivity index (χ1) is 11.5. The summed E-state index contributed by atoms with van der Waals surface area (Å²) in [6.07, 6.45) is 3.13. The summed E-state index contributed by atoms with van der Waals surface area (Å²) in [5.74, 6) is -0.515. The number of carbonyl (C=O) groups excluding carboxylic acids is 1. The third-order valence-electron chi connectivity index (χ3n) is 3.77. The molecule has 2 aromatic heterocycles. The fourth-order valence-corrected chi connectivity index (χ4v) is 2.52. The molecule has 0 saturated carbocycles. The fraction of sp³-hybridized carbons (Fsp3) is 0.167. The molecule has 6 heteroatoms. The lowest BCUT2D eigenvalue weighted by Crippen LogP contribution is -2.13. The first-order valence-corrected chi connectivity index (χ1v) is 7.54. The van der Waals surface area contributed by atoms with E-state index in [1.165, 1.54) is 18.3 Å². The predicted octanol–water partition coefficient (Wildman–Crippen LogP) is 3.33. The highest BCUT2D eigenvalue weighted by atomic mass is 19.1. The van der Waals surface area contributed by atoms with Crippen molar-refractivity contribution in [2.75, 3.05) is 5.32 Å². The van der Waals surface area contributed by atoms with Gasteiger partial charge in [-0.15, -0.1) is 0 Å². The number of benzene rings is 1. The molecular formula is C18H17FN4O. The van der Waals surface area contributed by atoms with Crippen molar-refractivity contribution < 1.29 is 9.18 Å². The Labute approximate surface area is 139 Å². The second kappa shape index (κ2) is 6.62. The predicted molar refractivity (Wildman–Crippen MR) is 89.4 cm³/mol. The van der Waals surface area contributed by atoms with Gasteiger partial charge in [0.2, 0.25) is 0 Å². The Bertz CT molecular complexity index is 874. The van der Waals surface area contributed by atoms with Crippen LogP contribution in [0.3, 0.4) is 0 Å². The summed E-state index contributed by atoms with van der Waals surface area (Å²) in [6, 6.07) is 9.80. The maximum atomic E-state index is 13.3. The molecule has 0 fully saturated rings. The van der Waals surface area contributed by atoms with Crippen molar-refractivity contribution in [2.45, 2.75) is 20.4 Å². The summed E-state index contributed by atoms with van der Waals surface area (Å²) in [5.41, 5.74) is 3.48. The summed E-state index contributed by atoms with van der Waals surface area (Å²) in [7, 11) is 0. The standard InChI is InChI=1S/C18H17FN4O/c1-12-17(21-18(24)15-6-4-8-20-10-15)13(2)23(22-12)11-14-5-3-7-16(19)9-14/h3-10H,11H2,1-2H3,(H,21,24). The molecule has 0 saturated heterocycles. The SMILES string of the molecule is Cc1nn(Cc2cccc(F)c2)c(C)c1NC(=O)c1cccnc1. The second-order valence-electron chi connectivity index (χ2n) is 5.53. The van der Waals surface area contributed by atoms with Gasteiger partial charge in [0.15, 0.2) is 0 Å². The molecule has 0 aliphatic heterocycles. The zero-order chi connectivity index (χ0) is 17.1. The van der Waals surface area contributed by atoms with E-state index in [-0.39, 0.29) is 11.7 Å². The van der Waals surface area contributed by atoms with Gasteiger partial charge in [0, 0.05) is 12.4 Å². The van der Waals surface area contributed by atoms with Crippen LogP contribution in [0.1, 0.15) is 27.3 Å². The van der Waals surface area contributed by atoms with E-state index in [0.717, 1.165) is 11.3 Å². The summed E-state index contributed by atoms with van der Waals surface area (Å²) < 4.78 is 15.1. The smallest absolute Gasteiger partial charge is 0.257 e. The number of nitrogens with one attached hydrogen (secondary N) is 1. The summed E-state index contributed by atoms with van der Waals surface area (Å²) in [4.78, 5) is 16.2. The van der Waals surface area contributed by atoms with Crippen LogP contribution in [0.15, 0.2) is 48.8 Å². The molecule has 1 N–H and O–H groups in total. The van der Waals surface area contributed by atoms with Gasteiger partial charge in [0.25, 0.3) is 5.91 Å². The zero-order valence-electron chi connectivity index (χ0n) is 13.5. The highest BCUT2D eigenvalue weighted by Gasteiger charge is 2.15. The summed E-state index contributed by atoms with van der Waals surface area (Å²) in [6.45, 7) is 4.14. The monoisotopic (exact) mass is 324 g/mol. The lowest BCUT2D eigenvalue weighted by atomic mass is 10.2. The molecule has 3 aromatic rings. The number of nitrogens with zero attached hydrogens (tertiary/aromatic N) is 3. The Morgan fingerprint density at radius 1 is 1.25 bits per heavy atom. The van der Waals surface area contributed by atoms with Gasteiger partial charge < -0.3 is 5.32 Å². The van der Waals surface area contributed by atoms with Crippen LogP contribution in [0.5, 0.6) is 0 Å². The van der Waals surface area contributed by atoms with Crippen LogP contribution in [-0.2, 0) is 6.54 Å². The van der Waals surface area contributed by atoms with Crippen LogP contribution >= 0.6 is 0 Å². The molecule has 0 atom stereocenters. The molecule has 1 amide bonds. The minimum absolute atomic E-state index is 0.236. The number of aromatic nitrogens is 3. The Morgan fingerprint density at radius 3 is 2.79 bits per heavy atom. The van der Waals surface area contributed by atoms with E-state index in [2.05, 4.69) is 15.4 Å². The van der Waals surface area contributed by atoms with Crippen molar-refractivity contribution in [1.82, 2.24) is 14.8 Å². The average Bonchev–Trinajstić information content (AvgIpc) is 2.83. The lowest BCUT2D eigenvalue weighted by Gasteiger charge is -2.07. The van der Waals surface area contributed by atoms with Gasteiger partial charge in [-0.05, 0) is 43.7 Å². The van der Waals surface area contributed by atoms with Crippen LogP contribution in [0.2, 0.25) is 0 Å². The van der Waals surface area contributed by atoms with Crippen molar-refractivity contribution in [2.24, 2.45) is 0 Å². The fourth-order valence-electron chi connectivity index (χ4n) is 2.52. The maximum Gasteiger partial charge on any atom is 0.257 e. The minimum atomic E-state index is -0.279. The van der Waals surface area contributed by atoms with E-state index in [9.17, 15) is 9.18 Å². The van der Waals surface area contributed by atoms with Crippen LogP contribution in [-0.4, -0.2) is 20.7 Å². The van der Waals surface area contributed by atoms with Gasteiger partial charge in [0.1, 0.15) is 5.82 Å². The van der Waals surface area contributed by atoms with Crippen molar-refractivity contribution in [3.05, 3.63) is 77.1 Å². The summed E-state index contributed by atoms with van der Waals surface area (Å²) >= 11 is 0. The van der Waals surface area contributed by atoms with Crippen molar-refractivity contribution in [3.8, 4) is 0 Å². The Morgan fingerprint density at radius 2 is 2.08 bits per heavy atom. The number of halogens is 1. The number of rotatable bonds is 4. The molecule has 0 radical (unpaired) electrons. The van der Waals surface area contributed by atoms with E-state index in [0.29, 0.717) is 23.5 Å². The van der Waals surface area contributed by atoms with Crippen molar-refractivity contribution in [1.29, 1.82) is 0 Å². The molecule has 0 bridgehead atoms. The quantitative estimate of drug-likeness (QED) is 0.801. The van der Waals surface area contributed by atoms with Crippen molar-refractivity contribution >= 4 is 11.6 Å². The molecule has 1 aromatic carbocycles. The molecule has 0 unspecified atom stereocenters. The van der Waals surface area contributed by atoms with E-state index < -0.39 is 0 Å². The second-order valence-corrected chi connectivity index (χ2v) is 5.53. The third-order valence-corrected chi connectivity index (χ3v) is 3.77. The minimum Gasteiger partial charge on any atom is -0.319 e. The first kappa shape index (κ1) is 15.9. The number of amides is 1. The zero-order valence-corrected chi connectivity index (χ0v) is 13.5. The molecular weight excluding hydrogens is 307 g/mol. The Hall–Kier alpha value is -3.02. The molecule has 24 heavy (non-hydrogen) atoms. The number of hydrogen-bond acceptors (Lipinski definition) is 3. The van der Waals surface area contributed by atoms with Gasteiger partial charge in [-0.2, -0.15) is 5.10 Å². The molecule has 3 rings (SSSR count). The molecule has 5 nitrogen and oxygen atoms in total. The topological polar surface area (TPSA) is 59.8 Å². The van der Waals surface area contributed by atoms with Gasteiger partial charge in [0.05, 0.1) is 29.2 Å². The Kier molecular flexibility index (Phi) is 4.37. The average molecular weight is 324 g/mol. The van der Waals surface area contributed by atoms with E-state index in [1.807, 2.05) is 19.9 Å². The molecule has 0 aliphatic rings. The van der Waals surface area contributed by atoms with E-state index in [4.69, 9.17) is 0 Å². The van der Waals surface area contributed by atoms with E-state index >= 15 is 0 Å². The molecule has 122 valence electrons. The molecule has 0 aliphatic carbocycles. The first-order valence-electron chi connectivity index (χ1n) is 7.54. The van der Waals surface area contributed by atoms with Gasteiger partial charge in [-0.3, -0.25) is 14.5 Å². The highest BCUT2D eigenvalue weighted by molar-refractivity contribution is 6.04. The van der Waals surface area contributed by atoms with Gasteiger partial charge >= 0.3 is 0 Å². The maximum absolute atomic E-state index is 13.3.